The van der Waals surface area contributed by atoms with E-state index in [1.807, 2.05) is 24.3 Å². The first kappa shape index (κ1) is 25.0. The van der Waals surface area contributed by atoms with Crippen LogP contribution >= 0.6 is 0 Å². The summed E-state index contributed by atoms with van der Waals surface area (Å²) in [6, 6.07) is 10.4. The van der Waals surface area contributed by atoms with Gasteiger partial charge in [-0.05, 0) is 61.9 Å². The van der Waals surface area contributed by atoms with Gasteiger partial charge in [0.25, 0.3) is 11.8 Å². The number of anilines is 2. The van der Waals surface area contributed by atoms with Crippen molar-refractivity contribution in [2.45, 2.75) is 51.9 Å². The van der Waals surface area contributed by atoms with Gasteiger partial charge in [0.05, 0.1) is 6.42 Å². The van der Waals surface area contributed by atoms with Crippen LogP contribution in [0.4, 0.5) is 16.3 Å². The normalized spacial score (nSPS) is 13.4. The molecule has 0 atom stereocenters. The number of piperidine rings is 1. The number of hydrogen-bond acceptors (Lipinski definition) is 5. The number of carbonyl (C=O) groups is 3. The van der Waals surface area contributed by atoms with Gasteiger partial charge >= 0.3 is 6.03 Å². The zero-order valence-corrected chi connectivity index (χ0v) is 20.4. The van der Waals surface area contributed by atoms with Gasteiger partial charge in [-0.2, -0.15) is 0 Å². The Bertz CT molecular complexity index is 1210. The number of aromatic amines is 1. The summed E-state index contributed by atoms with van der Waals surface area (Å²) in [5.74, 6) is 0.267. The second kappa shape index (κ2) is 11.6. The lowest BCUT2D eigenvalue weighted by Gasteiger charge is -2.25. The molecular formula is C26H32N6O4. The largest absolute Gasteiger partial charge is 0.455 e. The molecule has 3 aromatic rings. The van der Waals surface area contributed by atoms with Crippen LogP contribution in [-0.2, 0) is 12.8 Å². The number of amides is 4. The number of carbonyl (C=O) groups excluding carboxylic acids is 3. The maximum Gasteiger partial charge on any atom is 0.324 e. The maximum atomic E-state index is 12.6. The van der Waals surface area contributed by atoms with Crippen LogP contribution < -0.4 is 16.4 Å². The fourth-order valence-corrected chi connectivity index (χ4v) is 4.19. The van der Waals surface area contributed by atoms with Crippen LogP contribution in [0.15, 0.2) is 40.8 Å². The van der Waals surface area contributed by atoms with Crippen LogP contribution in [-0.4, -0.2) is 45.8 Å². The van der Waals surface area contributed by atoms with Gasteiger partial charge in [-0.15, -0.1) is 0 Å². The first-order valence-corrected chi connectivity index (χ1v) is 12.4. The van der Waals surface area contributed by atoms with Gasteiger partial charge in [0.2, 0.25) is 0 Å². The van der Waals surface area contributed by atoms with E-state index in [9.17, 15) is 14.4 Å². The topological polar surface area (TPSA) is 146 Å². The Morgan fingerprint density at radius 1 is 1.06 bits per heavy atom. The highest BCUT2D eigenvalue weighted by molar-refractivity contribution is 6.04. The van der Waals surface area contributed by atoms with E-state index in [4.69, 9.17) is 10.2 Å². The molecule has 4 rings (SSSR count). The highest BCUT2D eigenvalue weighted by atomic mass is 16.4. The van der Waals surface area contributed by atoms with E-state index in [0.29, 0.717) is 17.3 Å². The van der Waals surface area contributed by atoms with Crippen LogP contribution in [0.2, 0.25) is 0 Å². The second-order valence-corrected chi connectivity index (χ2v) is 8.95. The Morgan fingerprint density at radius 2 is 1.81 bits per heavy atom. The lowest BCUT2D eigenvalue weighted by Crippen LogP contribution is -2.35. The van der Waals surface area contributed by atoms with Crippen molar-refractivity contribution < 1.29 is 18.8 Å². The van der Waals surface area contributed by atoms with Crippen molar-refractivity contribution in [3.8, 4) is 0 Å². The number of H-pyrrole nitrogens is 1. The van der Waals surface area contributed by atoms with E-state index in [2.05, 4.69) is 27.5 Å². The van der Waals surface area contributed by atoms with Crippen molar-refractivity contribution in [2.75, 3.05) is 23.7 Å². The van der Waals surface area contributed by atoms with E-state index in [1.54, 1.807) is 17.0 Å². The van der Waals surface area contributed by atoms with Crippen LogP contribution in [0, 0.1) is 0 Å². The minimum atomic E-state index is -0.760. The van der Waals surface area contributed by atoms with Crippen molar-refractivity contribution >= 4 is 29.4 Å². The number of aromatic nitrogens is 2. The number of nitrogens with zero attached hydrogens (tertiary/aromatic N) is 2. The van der Waals surface area contributed by atoms with Gasteiger partial charge in [-0.1, -0.05) is 25.5 Å². The molecule has 10 nitrogen and oxygen atoms in total. The number of urea groups is 1. The van der Waals surface area contributed by atoms with Crippen molar-refractivity contribution in [2.24, 2.45) is 5.73 Å². The standard InChI is InChI=1S/C26H32N6O4/c1-2-3-7-17-8-10-18(11-9-17)28-26(35)31-24-22(23(27)33)29-21(30-24)16-19-12-13-20(36-19)25(34)32-14-5-4-6-15-32/h8-13H,2-7,14-16H2,1H3,(H2,27,33)(H,29,30)(H2,28,31,35). The number of hydrogen-bond donors (Lipinski definition) is 4. The number of benzene rings is 1. The molecular weight excluding hydrogens is 460 g/mol. The monoisotopic (exact) mass is 492 g/mol. The van der Waals surface area contributed by atoms with Gasteiger partial charge in [-0.25, -0.2) is 9.78 Å². The smallest absolute Gasteiger partial charge is 0.324 e. The van der Waals surface area contributed by atoms with E-state index < -0.39 is 11.9 Å². The third-order valence-electron chi connectivity index (χ3n) is 6.12. The Kier molecular flexibility index (Phi) is 8.04. The van der Waals surface area contributed by atoms with Crippen LogP contribution in [0.3, 0.4) is 0 Å². The SMILES string of the molecule is CCCCc1ccc(NC(=O)Nc2nc(Cc3ccc(C(=O)N4CCCCC4)o3)[nH]c2C(N)=O)cc1. The van der Waals surface area contributed by atoms with Gasteiger partial charge in [0.1, 0.15) is 17.3 Å². The molecule has 0 saturated carbocycles. The summed E-state index contributed by atoms with van der Waals surface area (Å²) < 4.78 is 5.74. The minimum Gasteiger partial charge on any atom is -0.455 e. The summed E-state index contributed by atoms with van der Waals surface area (Å²) in [5, 5.41) is 5.31. The molecule has 1 aromatic carbocycles. The molecule has 3 heterocycles. The highest BCUT2D eigenvalue weighted by Crippen LogP contribution is 2.20. The molecule has 4 amide bonds. The number of rotatable bonds is 9. The first-order chi connectivity index (χ1) is 17.4. The molecule has 0 bridgehead atoms. The quantitative estimate of drug-likeness (QED) is 0.352. The summed E-state index contributed by atoms with van der Waals surface area (Å²) in [6.07, 6.45) is 6.53. The molecule has 0 aliphatic carbocycles. The summed E-state index contributed by atoms with van der Waals surface area (Å²) in [7, 11) is 0. The third-order valence-corrected chi connectivity index (χ3v) is 6.12. The van der Waals surface area contributed by atoms with Crippen molar-refractivity contribution in [1.29, 1.82) is 0 Å². The van der Waals surface area contributed by atoms with Gasteiger partial charge < -0.3 is 25.4 Å². The zero-order valence-electron chi connectivity index (χ0n) is 20.4. The molecule has 1 aliphatic rings. The van der Waals surface area contributed by atoms with Crippen molar-refractivity contribution in [3.05, 3.63) is 65.0 Å². The Morgan fingerprint density at radius 3 is 2.50 bits per heavy atom. The van der Waals surface area contributed by atoms with E-state index in [0.717, 1.165) is 51.6 Å². The van der Waals surface area contributed by atoms with E-state index >= 15 is 0 Å². The van der Waals surface area contributed by atoms with Gasteiger partial charge in [0, 0.05) is 18.8 Å². The third kappa shape index (κ3) is 6.32. The number of nitrogens with two attached hydrogens (primary N) is 1. The second-order valence-electron chi connectivity index (χ2n) is 8.95. The molecule has 2 aromatic heterocycles. The average molecular weight is 493 g/mol. The molecule has 1 saturated heterocycles. The number of nitrogens with one attached hydrogen (secondary N) is 3. The Labute approximate surface area is 209 Å². The lowest BCUT2D eigenvalue weighted by atomic mass is 10.1. The average Bonchev–Trinajstić information content (AvgIpc) is 3.51. The highest BCUT2D eigenvalue weighted by Gasteiger charge is 2.22. The molecule has 0 radical (unpaired) electrons. The van der Waals surface area contributed by atoms with Crippen LogP contribution in [0.5, 0.6) is 0 Å². The molecule has 190 valence electrons. The summed E-state index contributed by atoms with van der Waals surface area (Å²) in [5.41, 5.74) is 7.27. The number of imidazole rings is 1. The number of aryl methyl sites for hydroxylation is 1. The summed E-state index contributed by atoms with van der Waals surface area (Å²) >= 11 is 0. The van der Waals surface area contributed by atoms with Crippen molar-refractivity contribution in [1.82, 2.24) is 14.9 Å². The Hall–Kier alpha value is -4.08. The zero-order chi connectivity index (χ0) is 25.5. The lowest BCUT2D eigenvalue weighted by molar-refractivity contribution is 0.0690. The number of primary amides is 1. The van der Waals surface area contributed by atoms with Crippen LogP contribution in [0.25, 0.3) is 0 Å². The van der Waals surface area contributed by atoms with Crippen LogP contribution in [0.1, 0.15) is 77.2 Å². The molecule has 1 aliphatic heterocycles. The molecule has 36 heavy (non-hydrogen) atoms. The van der Waals surface area contributed by atoms with Gasteiger partial charge in [0.15, 0.2) is 11.6 Å². The molecule has 0 spiro atoms. The van der Waals surface area contributed by atoms with Gasteiger partial charge in [-0.3, -0.25) is 14.9 Å². The summed E-state index contributed by atoms with van der Waals surface area (Å²) in [4.78, 5) is 46.0. The number of unbranched alkanes of at least 4 members (excludes halogenated alkanes) is 1. The number of furan rings is 1. The first-order valence-electron chi connectivity index (χ1n) is 12.4. The number of likely N-dealkylation sites (tertiary alicyclic amines) is 1. The molecule has 0 unspecified atom stereocenters. The van der Waals surface area contributed by atoms with E-state index in [1.165, 1.54) is 5.56 Å². The van der Waals surface area contributed by atoms with Crippen molar-refractivity contribution in [3.63, 3.8) is 0 Å². The fourth-order valence-electron chi connectivity index (χ4n) is 4.19. The molecule has 10 heteroatoms. The molecule has 1 fully saturated rings. The summed E-state index contributed by atoms with van der Waals surface area (Å²) in [6.45, 7) is 3.61. The minimum absolute atomic E-state index is 0.0192. The molecule has 5 N–H and O–H groups in total. The maximum absolute atomic E-state index is 12.6. The van der Waals surface area contributed by atoms with E-state index in [-0.39, 0.29) is 29.6 Å². The fraction of sp³-hybridized carbons (Fsp3) is 0.385. The Balaban J connectivity index is 1.39. The predicted molar refractivity (Wildman–Crippen MR) is 136 cm³/mol. The predicted octanol–water partition coefficient (Wildman–Crippen LogP) is 4.31.